The summed E-state index contributed by atoms with van der Waals surface area (Å²) in [6.45, 7) is -0.298. The summed E-state index contributed by atoms with van der Waals surface area (Å²) < 4.78 is 34.1. The number of nitrogen functional groups attached to an aromatic ring is 1. The van der Waals surface area contributed by atoms with Crippen molar-refractivity contribution in [3.05, 3.63) is 48.1 Å². The predicted molar refractivity (Wildman–Crippen MR) is 124 cm³/mol. The minimum atomic E-state index is -2.72. The molecule has 4 aromatic rings. The molecule has 4 heterocycles. The van der Waals surface area contributed by atoms with Gasteiger partial charge in [0.15, 0.2) is 5.82 Å². The number of aromatic nitrogens is 7. The van der Waals surface area contributed by atoms with Crippen LogP contribution in [0.4, 0.5) is 20.3 Å². The van der Waals surface area contributed by atoms with Crippen LogP contribution in [0, 0.1) is 0 Å². The summed E-state index contributed by atoms with van der Waals surface area (Å²) in [6, 6.07) is 4.72. The fourth-order valence-electron chi connectivity index (χ4n) is 3.25. The fourth-order valence-corrected chi connectivity index (χ4v) is 3.41. The van der Waals surface area contributed by atoms with Crippen LogP contribution in [0.5, 0.6) is 5.88 Å². The monoisotopic (exact) mass is 489 g/mol. The second kappa shape index (κ2) is 10.00. The number of aryl methyl sites for hydroxylation is 1. The van der Waals surface area contributed by atoms with Gasteiger partial charge in [0.1, 0.15) is 16.5 Å². The molecule has 0 aliphatic heterocycles. The molecule has 0 amide bonds. The number of anilines is 2. The number of pyridine rings is 1. The van der Waals surface area contributed by atoms with Crippen LogP contribution in [-0.2, 0) is 7.05 Å². The molecule has 0 unspecified atom stereocenters. The zero-order valence-corrected chi connectivity index (χ0v) is 19.1. The van der Waals surface area contributed by atoms with Crippen LogP contribution in [0.2, 0.25) is 5.15 Å². The molecule has 1 atom stereocenters. The van der Waals surface area contributed by atoms with Crippen LogP contribution in [0.1, 0.15) is 19.9 Å². The minimum absolute atomic E-state index is 0.207. The molecule has 4 rings (SSSR count). The van der Waals surface area contributed by atoms with Gasteiger partial charge in [-0.15, -0.1) is 0 Å². The molecule has 0 saturated heterocycles. The van der Waals surface area contributed by atoms with E-state index in [0.29, 0.717) is 57.7 Å². The Bertz CT molecular complexity index is 1280. The Kier molecular flexibility index (Phi) is 6.87. The Morgan fingerprint density at radius 2 is 2.03 bits per heavy atom. The zero-order valence-electron chi connectivity index (χ0n) is 18.4. The van der Waals surface area contributed by atoms with Crippen LogP contribution in [0.25, 0.3) is 22.6 Å². The van der Waals surface area contributed by atoms with Crippen molar-refractivity contribution in [2.24, 2.45) is 7.05 Å². The smallest absolute Gasteiger partial charge is 0.333 e. The second-order valence-corrected chi connectivity index (χ2v) is 7.83. The molecule has 0 aliphatic carbocycles. The molecule has 0 aliphatic rings. The summed E-state index contributed by atoms with van der Waals surface area (Å²) in [7, 11) is 1.76. The fraction of sp³-hybridized carbons (Fsp3) is 0.286. The van der Waals surface area contributed by atoms with Crippen molar-refractivity contribution in [3.8, 4) is 28.5 Å². The summed E-state index contributed by atoms with van der Waals surface area (Å²) in [4.78, 5) is 12.5. The third kappa shape index (κ3) is 5.22. The van der Waals surface area contributed by atoms with E-state index in [2.05, 4.69) is 30.5 Å². The van der Waals surface area contributed by atoms with Crippen molar-refractivity contribution in [1.82, 2.24) is 34.5 Å². The Morgan fingerprint density at radius 1 is 1.21 bits per heavy atom. The number of alkyl halides is 2. The molecular formula is C21H22ClF2N9O. The molecule has 34 heavy (non-hydrogen) atoms. The maximum Gasteiger partial charge on any atom is 0.333 e. The number of nitrogens with two attached hydrogens (primary N) is 1. The highest BCUT2D eigenvalue weighted by atomic mass is 35.5. The maximum absolute atomic E-state index is 12.9. The standard InChI is InChI=1S/C21H22ClF2N9O/c1-12(34-20-14(11-29-32(20)2)19-27-7-4-18(25)30-19)3-6-26-16-9-17(22)28-10-13(16)15-5-8-33(31-15)21(23)24/h4-5,7-12,21H,3,6H2,1-2H3,(H,26,28)(H2,25,27,30)/t12-/m1/s1. The topological polar surface area (TPSA) is 122 Å². The second-order valence-electron chi connectivity index (χ2n) is 7.45. The van der Waals surface area contributed by atoms with Gasteiger partial charge in [0.05, 0.1) is 18.0 Å². The summed E-state index contributed by atoms with van der Waals surface area (Å²) in [6.07, 6.45) is 6.30. The van der Waals surface area contributed by atoms with Crippen molar-refractivity contribution >= 4 is 23.1 Å². The van der Waals surface area contributed by atoms with E-state index in [-0.39, 0.29) is 11.3 Å². The van der Waals surface area contributed by atoms with Crippen LogP contribution in [0.3, 0.4) is 0 Å². The molecule has 0 radical (unpaired) electrons. The number of nitrogens with zero attached hydrogens (tertiary/aromatic N) is 7. The first-order valence-electron chi connectivity index (χ1n) is 10.3. The Hall–Kier alpha value is -3.80. The van der Waals surface area contributed by atoms with Gasteiger partial charge in [-0.2, -0.15) is 19.0 Å². The number of hydrogen-bond donors (Lipinski definition) is 2. The average molecular weight is 490 g/mol. The molecule has 0 spiro atoms. The van der Waals surface area contributed by atoms with Crippen molar-refractivity contribution in [1.29, 1.82) is 0 Å². The van der Waals surface area contributed by atoms with Crippen molar-refractivity contribution < 1.29 is 13.5 Å². The highest BCUT2D eigenvalue weighted by Gasteiger charge is 2.18. The molecule has 0 saturated carbocycles. The quantitative estimate of drug-likeness (QED) is 0.338. The van der Waals surface area contributed by atoms with Crippen LogP contribution < -0.4 is 15.8 Å². The van der Waals surface area contributed by atoms with Crippen LogP contribution >= 0.6 is 11.6 Å². The van der Waals surface area contributed by atoms with E-state index in [4.69, 9.17) is 22.1 Å². The van der Waals surface area contributed by atoms with Crippen molar-refractivity contribution in [2.45, 2.75) is 26.0 Å². The molecule has 0 fully saturated rings. The van der Waals surface area contributed by atoms with Gasteiger partial charge in [-0.25, -0.2) is 24.3 Å². The van der Waals surface area contributed by atoms with E-state index < -0.39 is 6.55 Å². The first-order chi connectivity index (χ1) is 16.3. The first kappa shape index (κ1) is 23.4. The Morgan fingerprint density at radius 3 is 2.76 bits per heavy atom. The maximum atomic E-state index is 12.9. The lowest BCUT2D eigenvalue weighted by Crippen LogP contribution is -2.19. The molecule has 0 aromatic carbocycles. The van der Waals surface area contributed by atoms with E-state index in [1.165, 1.54) is 18.5 Å². The minimum Gasteiger partial charge on any atom is -0.474 e. The summed E-state index contributed by atoms with van der Waals surface area (Å²) in [5.74, 6) is 1.29. The molecule has 178 valence electrons. The highest BCUT2D eigenvalue weighted by Crippen LogP contribution is 2.30. The summed E-state index contributed by atoms with van der Waals surface area (Å²) >= 11 is 6.05. The zero-order chi connectivity index (χ0) is 24.2. The van der Waals surface area contributed by atoms with E-state index in [0.717, 1.165) is 0 Å². The van der Waals surface area contributed by atoms with Crippen molar-refractivity contribution in [2.75, 3.05) is 17.6 Å². The SMILES string of the molecule is C[C@H](CCNc1cc(Cl)ncc1-c1ccn(C(F)F)n1)Oc1c(-c2nccc(N)n2)cnn1C. The van der Waals surface area contributed by atoms with Gasteiger partial charge in [0.25, 0.3) is 0 Å². The highest BCUT2D eigenvalue weighted by molar-refractivity contribution is 6.29. The third-order valence-corrected chi connectivity index (χ3v) is 5.14. The molecule has 0 bridgehead atoms. The number of halogens is 3. The van der Waals surface area contributed by atoms with Crippen LogP contribution in [-0.4, -0.2) is 47.2 Å². The van der Waals surface area contributed by atoms with Gasteiger partial charge < -0.3 is 15.8 Å². The predicted octanol–water partition coefficient (Wildman–Crippen LogP) is 4.04. The molecule has 13 heteroatoms. The lowest BCUT2D eigenvalue weighted by atomic mass is 10.1. The third-order valence-electron chi connectivity index (χ3n) is 4.94. The van der Waals surface area contributed by atoms with Crippen molar-refractivity contribution in [3.63, 3.8) is 0 Å². The molecule has 10 nitrogen and oxygen atoms in total. The lowest BCUT2D eigenvalue weighted by Gasteiger charge is -2.17. The van der Waals surface area contributed by atoms with Gasteiger partial charge in [-0.05, 0) is 25.1 Å². The average Bonchev–Trinajstić information content (AvgIpc) is 3.42. The van der Waals surface area contributed by atoms with Gasteiger partial charge in [0, 0.05) is 49.9 Å². The molecular weight excluding hydrogens is 468 g/mol. The normalized spacial score (nSPS) is 12.2. The summed E-state index contributed by atoms with van der Waals surface area (Å²) in [5.41, 5.74) is 7.95. The van der Waals surface area contributed by atoms with E-state index in [9.17, 15) is 8.78 Å². The first-order valence-corrected chi connectivity index (χ1v) is 10.7. The van der Waals surface area contributed by atoms with E-state index in [1.54, 1.807) is 36.3 Å². The lowest BCUT2D eigenvalue weighted by molar-refractivity contribution is 0.0568. The number of nitrogens with one attached hydrogen (secondary N) is 1. The van der Waals surface area contributed by atoms with Crippen LogP contribution in [0.15, 0.2) is 43.0 Å². The van der Waals surface area contributed by atoms with E-state index in [1.807, 2.05) is 6.92 Å². The molecule has 4 aromatic heterocycles. The number of ether oxygens (including phenoxy) is 1. The van der Waals surface area contributed by atoms with Gasteiger partial charge >= 0.3 is 6.55 Å². The Balaban J connectivity index is 1.43. The summed E-state index contributed by atoms with van der Waals surface area (Å²) in [5, 5.41) is 11.7. The molecule has 3 N–H and O–H groups in total. The Labute approximate surface area is 198 Å². The van der Waals surface area contributed by atoms with Gasteiger partial charge in [-0.1, -0.05) is 11.6 Å². The van der Waals surface area contributed by atoms with Gasteiger partial charge in [0.2, 0.25) is 5.88 Å². The van der Waals surface area contributed by atoms with E-state index >= 15 is 0 Å². The number of rotatable bonds is 9. The van der Waals surface area contributed by atoms with Gasteiger partial charge in [-0.3, -0.25) is 0 Å². The largest absolute Gasteiger partial charge is 0.474 e. The number of hydrogen-bond acceptors (Lipinski definition) is 8.